The van der Waals surface area contributed by atoms with E-state index in [1.807, 2.05) is 0 Å². The smallest absolute Gasteiger partial charge is 0.314 e. The molecule has 0 atom stereocenters. The van der Waals surface area contributed by atoms with Crippen LogP contribution >= 0.6 is 0 Å². The van der Waals surface area contributed by atoms with E-state index in [0.29, 0.717) is 13.1 Å². The van der Waals surface area contributed by atoms with E-state index in [0.717, 1.165) is 71.2 Å². The number of urea groups is 1. The molecule has 2 aliphatic rings. The van der Waals surface area contributed by atoms with Crippen LogP contribution in [0.5, 0.6) is 0 Å². The van der Waals surface area contributed by atoms with E-state index in [9.17, 15) is 9.90 Å². The standard InChI is InChI=1S/C16H32N4O2/c1-19-10-12-20(13-11-19)9-5-4-8-17-15(21)18-14-16(22)6-2-3-7-16/h22H,2-14H2,1H3,(H2,17,18,21). The second-order valence-corrected chi connectivity index (χ2v) is 6.89. The van der Waals surface area contributed by atoms with Crippen LogP contribution in [0, 0.1) is 0 Å². The number of likely N-dealkylation sites (N-methyl/N-ethyl adjacent to an activating group) is 1. The van der Waals surface area contributed by atoms with Gasteiger partial charge in [-0.1, -0.05) is 12.8 Å². The molecule has 0 spiro atoms. The molecule has 0 aromatic heterocycles. The molecule has 0 unspecified atom stereocenters. The molecule has 2 rings (SSSR count). The fourth-order valence-corrected chi connectivity index (χ4v) is 3.25. The van der Waals surface area contributed by atoms with Crippen molar-refractivity contribution >= 4 is 6.03 Å². The van der Waals surface area contributed by atoms with Gasteiger partial charge >= 0.3 is 6.03 Å². The lowest BCUT2D eigenvalue weighted by Crippen LogP contribution is -2.45. The van der Waals surface area contributed by atoms with Crippen molar-refractivity contribution in [3.05, 3.63) is 0 Å². The molecule has 1 aliphatic heterocycles. The summed E-state index contributed by atoms with van der Waals surface area (Å²) in [6, 6.07) is -0.153. The molecule has 0 aromatic carbocycles. The molecule has 1 saturated heterocycles. The van der Waals surface area contributed by atoms with Gasteiger partial charge in [0.15, 0.2) is 0 Å². The topological polar surface area (TPSA) is 67.8 Å². The molecule has 0 bridgehead atoms. The number of rotatable bonds is 7. The minimum atomic E-state index is -0.668. The maximum Gasteiger partial charge on any atom is 0.314 e. The first kappa shape index (κ1) is 17.5. The number of piperazine rings is 1. The Labute approximate surface area is 134 Å². The fraction of sp³-hybridized carbons (Fsp3) is 0.938. The third-order valence-electron chi connectivity index (χ3n) is 4.89. The van der Waals surface area contributed by atoms with E-state index in [-0.39, 0.29) is 6.03 Å². The summed E-state index contributed by atoms with van der Waals surface area (Å²) in [5.41, 5.74) is -0.668. The van der Waals surface area contributed by atoms with Crippen molar-refractivity contribution in [3.63, 3.8) is 0 Å². The van der Waals surface area contributed by atoms with Crippen LogP contribution in [0.15, 0.2) is 0 Å². The van der Waals surface area contributed by atoms with Crippen molar-refractivity contribution in [1.29, 1.82) is 0 Å². The second-order valence-electron chi connectivity index (χ2n) is 6.89. The largest absolute Gasteiger partial charge is 0.388 e. The Bertz CT molecular complexity index is 337. The van der Waals surface area contributed by atoms with Gasteiger partial charge in [0, 0.05) is 39.3 Å². The van der Waals surface area contributed by atoms with Crippen LogP contribution in [0.1, 0.15) is 38.5 Å². The summed E-state index contributed by atoms with van der Waals surface area (Å²) in [6.07, 6.45) is 5.85. The van der Waals surface area contributed by atoms with Gasteiger partial charge in [0.05, 0.1) is 5.60 Å². The SMILES string of the molecule is CN1CCN(CCCCNC(=O)NCC2(O)CCCC2)CC1. The van der Waals surface area contributed by atoms with Gasteiger partial charge in [0.2, 0.25) is 0 Å². The maximum absolute atomic E-state index is 11.7. The van der Waals surface area contributed by atoms with Crippen LogP contribution in [-0.4, -0.2) is 79.4 Å². The van der Waals surface area contributed by atoms with E-state index in [1.165, 1.54) is 0 Å². The molecule has 0 aromatic rings. The fourth-order valence-electron chi connectivity index (χ4n) is 3.25. The second kappa shape index (κ2) is 8.70. The van der Waals surface area contributed by atoms with E-state index in [1.54, 1.807) is 0 Å². The van der Waals surface area contributed by atoms with Crippen LogP contribution in [0.4, 0.5) is 4.79 Å². The van der Waals surface area contributed by atoms with E-state index in [4.69, 9.17) is 0 Å². The van der Waals surface area contributed by atoms with Crippen molar-refractivity contribution in [1.82, 2.24) is 20.4 Å². The molecule has 6 heteroatoms. The van der Waals surface area contributed by atoms with Gasteiger partial charge in [0.25, 0.3) is 0 Å². The molecule has 0 radical (unpaired) electrons. The Morgan fingerprint density at radius 3 is 2.45 bits per heavy atom. The number of nitrogens with one attached hydrogen (secondary N) is 2. The van der Waals surface area contributed by atoms with E-state index in [2.05, 4.69) is 27.5 Å². The van der Waals surface area contributed by atoms with Crippen molar-refractivity contribution < 1.29 is 9.90 Å². The summed E-state index contributed by atoms with van der Waals surface area (Å²) >= 11 is 0. The number of carbonyl (C=O) groups is 1. The summed E-state index contributed by atoms with van der Waals surface area (Å²) in [5.74, 6) is 0. The Morgan fingerprint density at radius 2 is 1.77 bits per heavy atom. The van der Waals surface area contributed by atoms with Crippen LogP contribution in [-0.2, 0) is 0 Å². The van der Waals surface area contributed by atoms with E-state index >= 15 is 0 Å². The van der Waals surface area contributed by atoms with Gasteiger partial charge in [-0.2, -0.15) is 0 Å². The van der Waals surface area contributed by atoms with Crippen LogP contribution in [0.2, 0.25) is 0 Å². The number of aliphatic hydroxyl groups is 1. The summed E-state index contributed by atoms with van der Waals surface area (Å²) < 4.78 is 0. The molecular weight excluding hydrogens is 280 g/mol. The van der Waals surface area contributed by atoms with Gasteiger partial charge in [-0.3, -0.25) is 0 Å². The molecular formula is C16H32N4O2. The van der Waals surface area contributed by atoms with Crippen molar-refractivity contribution in [2.24, 2.45) is 0 Å². The van der Waals surface area contributed by atoms with Crippen LogP contribution < -0.4 is 10.6 Å². The first-order chi connectivity index (χ1) is 10.6. The van der Waals surface area contributed by atoms with E-state index < -0.39 is 5.60 Å². The highest BCUT2D eigenvalue weighted by Crippen LogP contribution is 2.28. The lowest BCUT2D eigenvalue weighted by atomic mass is 10.0. The van der Waals surface area contributed by atoms with Crippen LogP contribution in [0.3, 0.4) is 0 Å². The highest BCUT2D eigenvalue weighted by atomic mass is 16.3. The number of hydrogen-bond acceptors (Lipinski definition) is 4. The number of hydrogen-bond donors (Lipinski definition) is 3. The first-order valence-corrected chi connectivity index (χ1v) is 8.72. The maximum atomic E-state index is 11.7. The molecule has 1 heterocycles. The van der Waals surface area contributed by atoms with Crippen molar-refractivity contribution in [2.45, 2.75) is 44.1 Å². The van der Waals surface area contributed by atoms with Gasteiger partial charge in [-0.25, -0.2) is 4.79 Å². The third-order valence-corrected chi connectivity index (χ3v) is 4.89. The molecule has 128 valence electrons. The van der Waals surface area contributed by atoms with Gasteiger partial charge < -0.3 is 25.5 Å². The molecule has 6 nitrogen and oxygen atoms in total. The zero-order valence-corrected chi connectivity index (χ0v) is 13.9. The van der Waals surface area contributed by atoms with Gasteiger partial charge in [-0.05, 0) is 39.3 Å². The monoisotopic (exact) mass is 312 g/mol. The Morgan fingerprint density at radius 1 is 1.09 bits per heavy atom. The van der Waals surface area contributed by atoms with Crippen LogP contribution in [0.25, 0.3) is 0 Å². The van der Waals surface area contributed by atoms with Crippen molar-refractivity contribution in [3.8, 4) is 0 Å². The lowest BCUT2D eigenvalue weighted by molar-refractivity contribution is 0.0501. The summed E-state index contributed by atoms with van der Waals surface area (Å²) in [7, 11) is 2.17. The molecule has 22 heavy (non-hydrogen) atoms. The highest BCUT2D eigenvalue weighted by molar-refractivity contribution is 5.73. The predicted octanol–water partition coefficient (Wildman–Crippen LogP) is 0.618. The first-order valence-electron chi connectivity index (χ1n) is 8.72. The lowest BCUT2D eigenvalue weighted by Gasteiger charge is -2.32. The normalized spacial score (nSPS) is 22.6. The Hall–Kier alpha value is -0.850. The number of unbranched alkanes of at least 4 members (excludes halogenated alkanes) is 1. The number of carbonyl (C=O) groups excluding carboxylic acids is 1. The molecule has 2 amide bonds. The third kappa shape index (κ3) is 6.10. The Kier molecular flexibility index (Phi) is 6.92. The molecule has 1 aliphatic carbocycles. The predicted molar refractivity (Wildman–Crippen MR) is 88.0 cm³/mol. The number of nitrogens with zero attached hydrogens (tertiary/aromatic N) is 2. The minimum Gasteiger partial charge on any atom is -0.388 e. The molecule has 3 N–H and O–H groups in total. The number of amides is 2. The average molecular weight is 312 g/mol. The van der Waals surface area contributed by atoms with Gasteiger partial charge in [0.1, 0.15) is 0 Å². The van der Waals surface area contributed by atoms with Gasteiger partial charge in [-0.15, -0.1) is 0 Å². The van der Waals surface area contributed by atoms with Crippen molar-refractivity contribution in [2.75, 3.05) is 52.9 Å². The summed E-state index contributed by atoms with van der Waals surface area (Å²) in [4.78, 5) is 16.6. The Balaban J connectivity index is 1.45. The quantitative estimate of drug-likeness (QED) is 0.603. The zero-order chi connectivity index (χ0) is 15.8. The molecule has 2 fully saturated rings. The zero-order valence-electron chi connectivity index (χ0n) is 13.9. The summed E-state index contributed by atoms with van der Waals surface area (Å²) in [5, 5.41) is 15.8. The average Bonchev–Trinajstić information content (AvgIpc) is 2.94. The minimum absolute atomic E-state index is 0.153. The highest BCUT2D eigenvalue weighted by Gasteiger charge is 2.31. The molecule has 1 saturated carbocycles. The summed E-state index contributed by atoms with van der Waals surface area (Å²) in [6.45, 7) is 6.83.